The standard InChI is InChI=1S/C19H21ClFN3O/c1-13-7-8-14(11-22-13)19(25)23-12-17(24-9-2-3-10-24)18-15(20)5-4-6-16(18)21/h4-8,11,17H,2-3,9-10,12H2,1H3,(H,23,25). The summed E-state index contributed by atoms with van der Waals surface area (Å²) in [6.07, 6.45) is 3.68. The van der Waals surface area contributed by atoms with Gasteiger partial charge in [-0.2, -0.15) is 0 Å². The van der Waals surface area contributed by atoms with Crippen molar-refractivity contribution < 1.29 is 9.18 Å². The lowest BCUT2D eigenvalue weighted by molar-refractivity contribution is 0.0937. The summed E-state index contributed by atoms with van der Waals surface area (Å²) < 4.78 is 14.4. The summed E-state index contributed by atoms with van der Waals surface area (Å²) in [6, 6.07) is 7.95. The quantitative estimate of drug-likeness (QED) is 0.882. The molecule has 6 heteroatoms. The van der Waals surface area contributed by atoms with E-state index in [9.17, 15) is 9.18 Å². The summed E-state index contributed by atoms with van der Waals surface area (Å²) in [5.74, 6) is -0.556. The minimum Gasteiger partial charge on any atom is -0.350 e. The van der Waals surface area contributed by atoms with Crippen molar-refractivity contribution in [3.63, 3.8) is 0 Å². The molecular weight excluding hydrogens is 341 g/mol. The van der Waals surface area contributed by atoms with Crippen LogP contribution in [0.4, 0.5) is 4.39 Å². The number of hydrogen-bond donors (Lipinski definition) is 1. The fourth-order valence-corrected chi connectivity index (χ4v) is 3.48. The van der Waals surface area contributed by atoms with Crippen molar-refractivity contribution >= 4 is 17.5 Å². The first-order valence-corrected chi connectivity index (χ1v) is 8.83. The lowest BCUT2D eigenvalue weighted by Crippen LogP contribution is -2.37. The number of hydrogen-bond acceptors (Lipinski definition) is 3. The third-order valence-corrected chi connectivity index (χ3v) is 4.87. The monoisotopic (exact) mass is 361 g/mol. The Balaban J connectivity index is 1.78. The molecule has 1 aromatic carbocycles. The van der Waals surface area contributed by atoms with Crippen LogP contribution in [-0.2, 0) is 0 Å². The molecule has 25 heavy (non-hydrogen) atoms. The summed E-state index contributed by atoms with van der Waals surface area (Å²) in [6.45, 7) is 3.91. The number of pyridine rings is 1. The van der Waals surface area contributed by atoms with Crippen molar-refractivity contribution in [1.29, 1.82) is 0 Å². The van der Waals surface area contributed by atoms with Crippen LogP contribution in [0.2, 0.25) is 5.02 Å². The Morgan fingerprint density at radius 3 is 2.72 bits per heavy atom. The summed E-state index contributed by atoms with van der Waals surface area (Å²) in [7, 11) is 0. The van der Waals surface area contributed by atoms with Crippen LogP contribution in [-0.4, -0.2) is 35.4 Å². The highest BCUT2D eigenvalue weighted by molar-refractivity contribution is 6.31. The highest BCUT2D eigenvalue weighted by Gasteiger charge is 2.28. The molecule has 1 fully saturated rings. The smallest absolute Gasteiger partial charge is 0.252 e. The highest BCUT2D eigenvalue weighted by Crippen LogP contribution is 2.32. The van der Waals surface area contributed by atoms with Crippen LogP contribution in [0, 0.1) is 12.7 Å². The van der Waals surface area contributed by atoms with Gasteiger partial charge >= 0.3 is 0 Å². The van der Waals surface area contributed by atoms with E-state index >= 15 is 0 Å². The maximum atomic E-state index is 14.4. The molecule has 2 aromatic rings. The molecule has 1 aliphatic rings. The van der Waals surface area contributed by atoms with Crippen molar-refractivity contribution in [2.24, 2.45) is 0 Å². The molecule has 1 saturated heterocycles. The van der Waals surface area contributed by atoms with Gasteiger partial charge in [-0.3, -0.25) is 14.7 Å². The average molecular weight is 362 g/mol. The minimum absolute atomic E-state index is 0.218. The summed E-state index contributed by atoms with van der Waals surface area (Å²) in [5, 5.41) is 3.29. The number of carbonyl (C=O) groups excluding carboxylic acids is 1. The Morgan fingerprint density at radius 1 is 1.32 bits per heavy atom. The first-order valence-electron chi connectivity index (χ1n) is 8.45. The molecule has 0 radical (unpaired) electrons. The number of benzene rings is 1. The van der Waals surface area contributed by atoms with E-state index in [1.54, 1.807) is 30.5 Å². The van der Waals surface area contributed by atoms with Gasteiger partial charge in [0, 0.05) is 29.0 Å². The van der Waals surface area contributed by atoms with Gasteiger partial charge in [0.1, 0.15) is 5.82 Å². The first kappa shape index (κ1) is 17.8. The molecule has 132 valence electrons. The first-order chi connectivity index (χ1) is 12.1. The van der Waals surface area contributed by atoms with Crippen molar-refractivity contribution in [2.45, 2.75) is 25.8 Å². The fourth-order valence-electron chi connectivity index (χ4n) is 3.19. The number of aryl methyl sites for hydroxylation is 1. The number of likely N-dealkylation sites (tertiary alicyclic amines) is 1. The van der Waals surface area contributed by atoms with Crippen molar-refractivity contribution in [2.75, 3.05) is 19.6 Å². The Bertz CT molecular complexity index is 725. The van der Waals surface area contributed by atoms with Crippen molar-refractivity contribution in [3.8, 4) is 0 Å². The second-order valence-electron chi connectivity index (χ2n) is 6.29. The van der Waals surface area contributed by atoms with Crippen LogP contribution >= 0.6 is 11.6 Å². The third-order valence-electron chi connectivity index (χ3n) is 4.54. The molecule has 1 aromatic heterocycles. The molecule has 0 saturated carbocycles. The number of rotatable bonds is 5. The third kappa shape index (κ3) is 4.17. The zero-order chi connectivity index (χ0) is 17.8. The van der Waals surface area contributed by atoms with Crippen LogP contribution < -0.4 is 5.32 Å². The summed E-state index contributed by atoms with van der Waals surface area (Å²) in [4.78, 5) is 18.7. The fraction of sp³-hybridized carbons (Fsp3) is 0.368. The molecule has 0 aliphatic carbocycles. The molecule has 1 N–H and O–H groups in total. The minimum atomic E-state index is -0.337. The lowest BCUT2D eigenvalue weighted by Gasteiger charge is -2.29. The van der Waals surface area contributed by atoms with Gasteiger partial charge in [-0.1, -0.05) is 17.7 Å². The second-order valence-corrected chi connectivity index (χ2v) is 6.70. The highest BCUT2D eigenvalue weighted by atomic mass is 35.5. The van der Waals surface area contributed by atoms with E-state index in [0.29, 0.717) is 22.7 Å². The molecule has 0 spiro atoms. The number of amides is 1. The predicted octanol–water partition coefficient (Wildman–Crippen LogP) is 3.75. The molecule has 2 heterocycles. The van der Waals surface area contributed by atoms with Crippen LogP contribution in [0.25, 0.3) is 0 Å². The molecule has 4 nitrogen and oxygen atoms in total. The Labute approximate surface area is 152 Å². The number of aromatic nitrogens is 1. The molecular formula is C19H21ClFN3O. The van der Waals surface area contributed by atoms with E-state index in [4.69, 9.17) is 11.6 Å². The van der Waals surface area contributed by atoms with E-state index in [1.807, 2.05) is 6.92 Å². The number of nitrogens with zero attached hydrogens (tertiary/aromatic N) is 2. The van der Waals surface area contributed by atoms with Gasteiger partial charge in [0.15, 0.2) is 0 Å². The predicted molar refractivity (Wildman–Crippen MR) is 96.3 cm³/mol. The van der Waals surface area contributed by atoms with Gasteiger partial charge in [0.2, 0.25) is 0 Å². The van der Waals surface area contributed by atoms with Gasteiger partial charge in [0.05, 0.1) is 11.6 Å². The zero-order valence-electron chi connectivity index (χ0n) is 14.1. The van der Waals surface area contributed by atoms with E-state index in [0.717, 1.165) is 31.6 Å². The maximum absolute atomic E-state index is 14.4. The lowest BCUT2D eigenvalue weighted by atomic mass is 10.0. The average Bonchev–Trinajstić information content (AvgIpc) is 3.12. The van der Waals surface area contributed by atoms with E-state index in [2.05, 4.69) is 15.2 Å². The van der Waals surface area contributed by atoms with Crippen LogP contribution in [0.15, 0.2) is 36.5 Å². The Morgan fingerprint density at radius 2 is 2.08 bits per heavy atom. The number of halogens is 2. The van der Waals surface area contributed by atoms with Gasteiger partial charge in [-0.15, -0.1) is 0 Å². The number of nitrogens with one attached hydrogen (secondary N) is 1. The largest absolute Gasteiger partial charge is 0.350 e. The van der Waals surface area contributed by atoms with Gasteiger partial charge < -0.3 is 5.32 Å². The Hall–Kier alpha value is -1.98. The van der Waals surface area contributed by atoms with Crippen LogP contribution in [0.3, 0.4) is 0 Å². The topological polar surface area (TPSA) is 45.2 Å². The van der Waals surface area contributed by atoms with Crippen LogP contribution in [0.5, 0.6) is 0 Å². The zero-order valence-corrected chi connectivity index (χ0v) is 14.9. The molecule has 1 aliphatic heterocycles. The maximum Gasteiger partial charge on any atom is 0.252 e. The van der Waals surface area contributed by atoms with Crippen molar-refractivity contribution in [1.82, 2.24) is 15.2 Å². The number of carbonyl (C=O) groups is 1. The molecule has 3 rings (SSSR count). The second kappa shape index (κ2) is 7.93. The SMILES string of the molecule is Cc1ccc(C(=O)NCC(c2c(F)cccc2Cl)N2CCCC2)cn1. The summed E-state index contributed by atoms with van der Waals surface area (Å²) in [5.41, 5.74) is 1.79. The molecule has 1 atom stereocenters. The van der Waals surface area contributed by atoms with Crippen molar-refractivity contribution in [3.05, 3.63) is 64.2 Å². The molecule has 1 unspecified atom stereocenters. The normalized spacial score (nSPS) is 16.0. The van der Waals surface area contributed by atoms with E-state index in [-0.39, 0.29) is 17.8 Å². The van der Waals surface area contributed by atoms with E-state index in [1.165, 1.54) is 6.07 Å². The van der Waals surface area contributed by atoms with E-state index < -0.39 is 0 Å². The molecule has 0 bridgehead atoms. The summed E-state index contributed by atoms with van der Waals surface area (Å²) >= 11 is 6.26. The van der Waals surface area contributed by atoms with Gasteiger partial charge in [-0.05, 0) is 57.1 Å². The van der Waals surface area contributed by atoms with Crippen LogP contribution in [0.1, 0.15) is 40.5 Å². The Kier molecular flexibility index (Phi) is 5.66. The van der Waals surface area contributed by atoms with Gasteiger partial charge in [0.25, 0.3) is 5.91 Å². The molecule has 1 amide bonds. The van der Waals surface area contributed by atoms with Gasteiger partial charge in [-0.25, -0.2) is 4.39 Å².